The first-order valence-electron chi connectivity index (χ1n) is 13.1. The number of aromatic nitrogens is 4. The predicted molar refractivity (Wildman–Crippen MR) is 141 cm³/mol. The van der Waals surface area contributed by atoms with Crippen LogP contribution in [0.5, 0.6) is 0 Å². The van der Waals surface area contributed by atoms with Crippen molar-refractivity contribution in [1.29, 1.82) is 0 Å². The Morgan fingerprint density at radius 2 is 1.97 bits per heavy atom. The lowest BCUT2D eigenvalue weighted by molar-refractivity contribution is -0.125. The molecule has 1 aliphatic carbocycles. The van der Waals surface area contributed by atoms with Crippen LogP contribution in [0.4, 0.5) is 14.9 Å². The number of urea groups is 1. The van der Waals surface area contributed by atoms with Crippen LogP contribution in [0, 0.1) is 11.7 Å². The van der Waals surface area contributed by atoms with E-state index in [9.17, 15) is 14.0 Å². The fraction of sp³-hybridized carbons (Fsp3) is 0.444. The molecule has 0 spiro atoms. The van der Waals surface area contributed by atoms with Crippen molar-refractivity contribution in [3.05, 3.63) is 59.9 Å². The van der Waals surface area contributed by atoms with E-state index in [2.05, 4.69) is 36.4 Å². The van der Waals surface area contributed by atoms with E-state index >= 15 is 0 Å². The van der Waals surface area contributed by atoms with E-state index in [4.69, 9.17) is 0 Å². The lowest BCUT2D eigenvalue weighted by atomic mass is 9.84. The molecule has 3 N–H and O–H groups in total. The monoisotopic (exact) mass is 520 g/mol. The molecule has 3 amide bonds. The smallest absolute Gasteiger partial charge is 0.319 e. The summed E-state index contributed by atoms with van der Waals surface area (Å²) in [4.78, 5) is 27.6. The van der Waals surface area contributed by atoms with Gasteiger partial charge in [-0.15, -0.1) is 5.10 Å². The summed E-state index contributed by atoms with van der Waals surface area (Å²) >= 11 is 0. The fourth-order valence-corrected chi connectivity index (χ4v) is 5.55. The molecule has 5 rings (SSSR count). The Bertz CT molecular complexity index is 1260. The van der Waals surface area contributed by atoms with Gasteiger partial charge in [0.15, 0.2) is 5.82 Å². The minimum absolute atomic E-state index is 0.000540. The molecule has 2 aromatic carbocycles. The van der Waals surface area contributed by atoms with E-state index in [0.717, 1.165) is 49.9 Å². The SMILES string of the molecule is Cn1nnnc1-c1cccc(NC(=O)N[C@@H]2CCCC[C@H]2CN2CC(=O)N[C@@H](Cc3ccc(F)cc3)C2)c1. The van der Waals surface area contributed by atoms with Crippen molar-refractivity contribution < 1.29 is 14.0 Å². The molecule has 0 unspecified atom stereocenters. The van der Waals surface area contributed by atoms with Gasteiger partial charge in [0.05, 0.1) is 6.54 Å². The van der Waals surface area contributed by atoms with Crippen LogP contribution in [0.1, 0.15) is 31.2 Å². The molecule has 2 heterocycles. The maximum Gasteiger partial charge on any atom is 0.319 e. The van der Waals surface area contributed by atoms with E-state index in [1.165, 1.54) is 12.1 Å². The topological polar surface area (TPSA) is 117 Å². The Morgan fingerprint density at radius 1 is 1.16 bits per heavy atom. The summed E-state index contributed by atoms with van der Waals surface area (Å²) in [7, 11) is 1.77. The number of piperazine rings is 1. The van der Waals surface area contributed by atoms with Crippen molar-refractivity contribution >= 4 is 17.6 Å². The molecule has 0 radical (unpaired) electrons. The number of rotatable bonds is 7. The molecule has 3 aromatic rings. The number of amides is 3. The number of carbonyl (C=O) groups is 2. The molecule has 10 nitrogen and oxygen atoms in total. The third kappa shape index (κ3) is 6.52. The van der Waals surface area contributed by atoms with Crippen LogP contribution in [0.3, 0.4) is 0 Å². The summed E-state index contributed by atoms with van der Waals surface area (Å²) in [6.45, 7) is 1.81. The van der Waals surface area contributed by atoms with Crippen LogP contribution in [0.15, 0.2) is 48.5 Å². The predicted octanol–water partition coefficient (Wildman–Crippen LogP) is 2.74. The van der Waals surface area contributed by atoms with Crippen molar-refractivity contribution in [2.45, 2.75) is 44.2 Å². The number of nitrogens with zero attached hydrogens (tertiary/aromatic N) is 5. The second-order valence-electron chi connectivity index (χ2n) is 10.2. The summed E-state index contributed by atoms with van der Waals surface area (Å²) in [5, 5.41) is 20.8. The largest absolute Gasteiger partial charge is 0.351 e. The number of nitrogens with one attached hydrogen (secondary N) is 3. The van der Waals surface area contributed by atoms with E-state index < -0.39 is 0 Å². The third-order valence-electron chi connectivity index (χ3n) is 7.32. The minimum Gasteiger partial charge on any atom is -0.351 e. The molecule has 200 valence electrons. The first kappa shape index (κ1) is 25.8. The number of tetrazole rings is 1. The first-order chi connectivity index (χ1) is 18.4. The normalized spacial score (nSPS) is 22.1. The third-order valence-corrected chi connectivity index (χ3v) is 7.32. The van der Waals surface area contributed by atoms with Crippen LogP contribution in [0.2, 0.25) is 0 Å². The van der Waals surface area contributed by atoms with Crippen molar-refractivity contribution in [2.24, 2.45) is 13.0 Å². The van der Waals surface area contributed by atoms with Crippen molar-refractivity contribution in [2.75, 3.05) is 25.0 Å². The van der Waals surface area contributed by atoms with Crippen molar-refractivity contribution in [3.63, 3.8) is 0 Å². The van der Waals surface area contributed by atoms with E-state index in [0.29, 0.717) is 24.5 Å². The Balaban J connectivity index is 1.18. The Morgan fingerprint density at radius 3 is 2.76 bits per heavy atom. The van der Waals surface area contributed by atoms with Gasteiger partial charge in [0.1, 0.15) is 5.82 Å². The average molecular weight is 521 g/mol. The molecule has 0 bridgehead atoms. The first-order valence-corrected chi connectivity index (χ1v) is 13.1. The zero-order valence-electron chi connectivity index (χ0n) is 21.4. The Labute approximate surface area is 221 Å². The van der Waals surface area contributed by atoms with Gasteiger partial charge in [0.2, 0.25) is 5.91 Å². The molecule has 3 atom stereocenters. The van der Waals surface area contributed by atoms with E-state index in [-0.39, 0.29) is 35.8 Å². The number of halogens is 1. The highest BCUT2D eigenvalue weighted by Gasteiger charge is 2.32. The average Bonchev–Trinajstić information content (AvgIpc) is 3.32. The van der Waals surface area contributed by atoms with Gasteiger partial charge < -0.3 is 16.0 Å². The summed E-state index contributed by atoms with van der Waals surface area (Å²) in [5.41, 5.74) is 2.46. The Hall–Kier alpha value is -3.86. The van der Waals surface area contributed by atoms with Crippen molar-refractivity contribution in [3.8, 4) is 11.4 Å². The molecule has 1 saturated heterocycles. The van der Waals surface area contributed by atoms with Crippen LogP contribution in [-0.2, 0) is 18.3 Å². The van der Waals surface area contributed by atoms with Crippen LogP contribution in [-0.4, -0.2) is 68.8 Å². The number of benzene rings is 2. The molecule has 1 saturated carbocycles. The molecular formula is C27H33FN8O2. The standard InChI is InChI=1S/C27H33FN8O2/c1-35-26(32-33-34-35)19-6-4-7-22(14-19)30-27(38)31-24-8-3-2-5-20(24)15-36-16-23(29-25(37)17-36)13-18-9-11-21(28)12-10-18/h4,6-7,9-12,14,20,23-24H,2-3,5,8,13,15-17H2,1H3,(H,29,37)(H2,30,31,38)/t20-,23-,24+/m0/s1. The van der Waals surface area contributed by atoms with E-state index in [1.54, 1.807) is 23.9 Å². The minimum atomic E-state index is -0.265. The highest BCUT2D eigenvalue weighted by atomic mass is 19.1. The molecule has 2 aliphatic rings. The number of hydrogen-bond acceptors (Lipinski definition) is 6. The van der Waals surface area contributed by atoms with Gasteiger partial charge in [-0.25, -0.2) is 13.9 Å². The number of carbonyl (C=O) groups excluding carboxylic acids is 2. The molecule has 1 aliphatic heterocycles. The lowest BCUT2D eigenvalue weighted by Gasteiger charge is -2.39. The summed E-state index contributed by atoms with van der Waals surface area (Å²) in [6, 6.07) is 13.6. The zero-order valence-corrected chi connectivity index (χ0v) is 21.4. The van der Waals surface area contributed by atoms with Crippen LogP contribution < -0.4 is 16.0 Å². The number of anilines is 1. The maximum atomic E-state index is 13.3. The number of aryl methyl sites for hydroxylation is 1. The van der Waals surface area contributed by atoms with Gasteiger partial charge in [0.25, 0.3) is 0 Å². The molecular weight excluding hydrogens is 487 g/mol. The lowest BCUT2D eigenvalue weighted by Crippen LogP contribution is -2.57. The highest BCUT2D eigenvalue weighted by Crippen LogP contribution is 2.26. The van der Waals surface area contributed by atoms with Gasteiger partial charge in [-0.05, 0) is 65.4 Å². The summed E-state index contributed by atoms with van der Waals surface area (Å²) in [6.07, 6.45) is 4.73. The molecule has 2 fully saturated rings. The quantitative estimate of drug-likeness (QED) is 0.441. The second kappa shape index (κ2) is 11.7. The zero-order chi connectivity index (χ0) is 26.5. The highest BCUT2D eigenvalue weighted by molar-refractivity contribution is 5.90. The van der Waals surface area contributed by atoms with Gasteiger partial charge >= 0.3 is 6.03 Å². The van der Waals surface area contributed by atoms with Gasteiger partial charge in [-0.1, -0.05) is 37.1 Å². The number of hydrogen-bond donors (Lipinski definition) is 3. The Kier molecular flexibility index (Phi) is 7.92. The molecule has 11 heteroatoms. The fourth-order valence-electron chi connectivity index (χ4n) is 5.55. The second-order valence-corrected chi connectivity index (χ2v) is 10.2. The molecule has 38 heavy (non-hydrogen) atoms. The van der Waals surface area contributed by atoms with Crippen LogP contribution in [0.25, 0.3) is 11.4 Å². The van der Waals surface area contributed by atoms with Crippen molar-refractivity contribution in [1.82, 2.24) is 35.7 Å². The van der Waals surface area contributed by atoms with Crippen LogP contribution >= 0.6 is 0 Å². The molecule has 1 aromatic heterocycles. The van der Waals surface area contributed by atoms with Gasteiger partial charge in [-0.2, -0.15) is 0 Å². The van der Waals surface area contributed by atoms with Gasteiger partial charge in [0, 0.05) is 43.5 Å². The van der Waals surface area contributed by atoms with Gasteiger partial charge in [-0.3, -0.25) is 9.69 Å². The summed E-state index contributed by atoms with van der Waals surface area (Å²) in [5.74, 6) is 0.602. The van der Waals surface area contributed by atoms with E-state index in [1.807, 2.05) is 24.3 Å². The maximum absolute atomic E-state index is 13.3. The summed E-state index contributed by atoms with van der Waals surface area (Å²) < 4.78 is 14.8.